The lowest BCUT2D eigenvalue weighted by Crippen LogP contribution is -2.31. The number of aliphatic hydroxyl groups is 1. The minimum atomic E-state index is -4.44. The third kappa shape index (κ3) is 3.58. The first-order chi connectivity index (χ1) is 11.5. The Kier molecular flexibility index (Phi) is 3.95. The summed E-state index contributed by atoms with van der Waals surface area (Å²) < 4.78 is 39.3. The molecule has 5 nitrogen and oxygen atoms in total. The first kappa shape index (κ1) is 17.2. The van der Waals surface area contributed by atoms with Gasteiger partial charge >= 0.3 is 11.9 Å². The molecule has 0 radical (unpaired) electrons. The standard InChI is InChI=1S/C17H16F3N3O2/c1-16(2,25)9-23-14-7-10(3-5-13(14)22-15(23)24)12-6-4-11(8-21-12)17(18,19)20/h3-8,25H,9H2,1-2H3,(H,22,24). The van der Waals surface area contributed by atoms with Crippen molar-refractivity contribution < 1.29 is 18.3 Å². The summed E-state index contributed by atoms with van der Waals surface area (Å²) in [5.74, 6) is 0. The summed E-state index contributed by atoms with van der Waals surface area (Å²) in [7, 11) is 0. The van der Waals surface area contributed by atoms with Gasteiger partial charge in [0.1, 0.15) is 0 Å². The quantitative estimate of drug-likeness (QED) is 0.761. The highest BCUT2D eigenvalue weighted by Gasteiger charge is 2.30. The van der Waals surface area contributed by atoms with Crippen molar-refractivity contribution in [2.75, 3.05) is 0 Å². The molecule has 0 saturated heterocycles. The Hall–Kier alpha value is -2.61. The molecule has 25 heavy (non-hydrogen) atoms. The minimum absolute atomic E-state index is 0.0791. The van der Waals surface area contributed by atoms with Crippen molar-refractivity contribution in [2.24, 2.45) is 0 Å². The van der Waals surface area contributed by atoms with Crippen molar-refractivity contribution >= 4 is 11.0 Å². The lowest BCUT2D eigenvalue weighted by atomic mass is 10.1. The average molecular weight is 351 g/mol. The average Bonchev–Trinajstić information content (AvgIpc) is 2.80. The zero-order chi connectivity index (χ0) is 18.4. The number of rotatable bonds is 3. The van der Waals surface area contributed by atoms with Crippen molar-refractivity contribution in [2.45, 2.75) is 32.2 Å². The van der Waals surface area contributed by atoms with Gasteiger partial charge < -0.3 is 10.1 Å². The molecule has 8 heteroatoms. The van der Waals surface area contributed by atoms with E-state index in [2.05, 4.69) is 9.97 Å². The third-order valence-electron chi connectivity index (χ3n) is 3.71. The van der Waals surface area contributed by atoms with Crippen LogP contribution in [0.2, 0.25) is 0 Å². The van der Waals surface area contributed by atoms with Crippen LogP contribution in [0.4, 0.5) is 13.2 Å². The van der Waals surface area contributed by atoms with Gasteiger partial charge in [-0.2, -0.15) is 13.2 Å². The number of hydrogen-bond acceptors (Lipinski definition) is 3. The summed E-state index contributed by atoms with van der Waals surface area (Å²) in [6.45, 7) is 3.24. The number of H-pyrrole nitrogens is 1. The number of imidazole rings is 1. The maximum absolute atomic E-state index is 12.6. The SMILES string of the molecule is CC(C)(O)Cn1c(=O)[nH]c2ccc(-c3ccc(C(F)(F)F)cn3)cc21. The van der Waals surface area contributed by atoms with Gasteiger partial charge in [0.25, 0.3) is 0 Å². The number of fused-ring (bicyclic) bond motifs is 1. The Labute approximate surface area is 140 Å². The summed E-state index contributed by atoms with van der Waals surface area (Å²) in [4.78, 5) is 18.6. The number of nitrogens with zero attached hydrogens (tertiary/aromatic N) is 2. The molecule has 0 bridgehead atoms. The van der Waals surface area contributed by atoms with E-state index in [1.54, 1.807) is 32.0 Å². The van der Waals surface area contributed by atoms with E-state index in [1.165, 1.54) is 10.6 Å². The largest absolute Gasteiger partial charge is 0.417 e. The molecule has 2 heterocycles. The Morgan fingerprint density at radius 1 is 1.20 bits per heavy atom. The van der Waals surface area contributed by atoms with Crippen LogP contribution in [-0.4, -0.2) is 25.2 Å². The molecule has 0 atom stereocenters. The van der Waals surface area contributed by atoms with Crippen molar-refractivity contribution in [3.8, 4) is 11.3 Å². The van der Waals surface area contributed by atoms with Crippen molar-refractivity contribution in [3.63, 3.8) is 0 Å². The number of halogens is 3. The molecule has 0 aliphatic rings. The lowest BCUT2D eigenvalue weighted by molar-refractivity contribution is -0.137. The monoisotopic (exact) mass is 351 g/mol. The molecule has 0 fully saturated rings. The van der Waals surface area contributed by atoms with Gasteiger partial charge in [0.15, 0.2) is 0 Å². The number of benzene rings is 1. The Balaban J connectivity index is 2.06. The fourth-order valence-electron chi connectivity index (χ4n) is 2.59. The Morgan fingerprint density at radius 3 is 2.48 bits per heavy atom. The van der Waals surface area contributed by atoms with Gasteiger partial charge in [0.2, 0.25) is 0 Å². The molecule has 132 valence electrons. The van der Waals surface area contributed by atoms with Crippen LogP contribution < -0.4 is 5.69 Å². The maximum atomic E-state index is 12.6. The highest BCUT2D eigenvalue weighted by Crippen LogP contribution is 2.30. The number of aromatic nitrogens is 3. The van der Waals surface area contributed by atoms with E-state index in [9.17, 15) is 23.1 Å². The van der Waals surface area contributed by atoms with E-state index >= 15 is 0 Å². The number of alkyl halides is 3. The van der Waals surface area contributed by atoms with Crippen LogP contribution in [0.25, 0.3) is 22.3 Å². The van der Waals surface area contributed by atoms with Crippen LogP contribution in [0.15, 0.2) is 41.3 Å². The molecule has 3 rings (SSSR count). The fraction of sp³-hybridized carbons (Fsp3) is 0.294. The van der Waals surface area contributed by atoms with E-state index in [4.69, 9.17) is 0 Å². The first-order valence-electron chi connectivity index (χ1n) is 7.53. The molecule has 0 saturated carbocycles. The second kappa shape index (κ2) is 5.73. The molecule has 0 amide bonds. The second-order valence-corrected chi connectivity index (χ2v) is 6.49. The molecule has 0 unspecified atom stereocenters. The summed E-state index contributed by atoms with van der Waals surface area (Å²) in [5, 5.41) is 9.97. The minimum Gasteiger partial charge on any atom is -0.389 e. The zero-order valence-corrected chi connectivity index (χ0v) is 13.6. The highest BCUT2D eigenvalue weighted by atomic mass is 19.4. The molecule has 2 aromatic heterocycles. The van der Waals surface area contributed by atoms with E-state index in [1.807, 2.05) is 0 Å². The van der Waals surface area contributed by atoms with Gasteiger partial charge in [-0.3, -0.25) is 9.55 Å². The predicted molar refractivity (Wildman–Crippen MR) is 87.1 cm³/mol. The van der Waals surface area contributed by atoms with E-state index in [-0.39, 0.29) is 12.2 Å². The number of aromatic amines is 1. The Morgan fingerprint density at radius 2 is 1.92 bits per heavy atom. The third-order valence-corrected chi connectivity index (χ3v) is 3.71. The second-order valence-electron chi connectivity index (χ2n) is 6.49. The van der Waals surface area contributed by atoms with Crippen LogP contribution in [0.3, 0.4) is 0 Å². The van der Waals surface area contributed by atoms with Crippen molar-refractivity contribution in [3.05, 3.63) is 52.6 Å². The van der Waals surface area contributed by atoms with E-state index < -0.39 is 17.3 Å². The van der Waals surface area contributed by atoms with Gasteiger partial charge in [-0.05, 0) is 38.1 Å². The lowest BCUT2D eigenvalue weighted by Gasteiger charge is -2.17. The molecule has 0 spiro atoms. The van der Waals surface area contributed by atoms with E-state index in [0.29, 0.717) is 22.3 Å². The Bertz CT molecular complexity index is 964. The van der Waals surface area contributed by atoms with Gasteiger partial charge in [0, 0.05) is 11.8 Å². The topological polar surface area (TPSA) is 70.9 Å². The summed E-state index contributed by atoms with van der Waals surface area (Å²) >= 11 is 0. The van der Waals surface area contributed by atoms with Crippen LogP contribution in [-0.2, 0) is 12.7 Å². The van der Waals surface area contributed by atoms with Crippen LogP contribution in [0.5, 0.6) is 0 Å². The maximum Gasteiger partial charge on any atom is 0.417 e. The number of hydrogen-bond donors (Lipinski definition) is 2. The predicted octanol–water partition coefficient (Wildman–Crippen LogP) is 3.18. The molecule has 2 N–H and O–H groups in total. The molecule has 1 aromatic carbocycles. The molecule has 0 aliphatic heterocycles. The molecular formula is C17H16F3N3O2. The first-order valence-corrected chi connectivity index (χ1v) is 7.53. The van der Waals surface area contributed by atoms with Crippen LogP contribution in [0, 0.1) is 0 Å². The number of nitrogens with one attached hydrogen (secondary N) is 1. The van der Waals surface area contributed by atoms with Gasteiger partial charge in [-0.15, -0.1) is 0 Å². The molecular weight excluding hydrogens is 335 g/mol. The van der Waals surface area contributed by atoms with Crippen LogP contribution >= 0.6 is 0 Å². The molecule has 0 aliphatic carbocycles. The van der Waals surface area contributed by atoms with Gasteiger partial charge in [0.05, 0.1) is 34.4 Å². The van der Waals surface area contributed by atoms with Gasteiger partial charge in [-0.25, -0.2) is 4.79 Å². The summed E-state index contributed by atoms with van der Waals surface area (Å²) in [6.07, 6.45) is -3.66. The summed E-state index contributed by atoms with van der Waals surface area (Å²) in [5.41, 5.74) is -0.228. The summed E-state index contributed by atoms with van der Waals surface area (Å²) in [6, 6.07) is 7.24. The van der Waals surface area contributed by atoms with Gasteiger partial charge in [-0.1, -0.05) is 6.07 Å². The van der Waals surface area contributed by atoms with Crippen LogP contribution in [0.1, 0.15) is 19.4 Å². The van der Waals surface area contributed by atoms with E-state index in [0.717, 1.165) is 12.3 Å². The fourth-order valence-corrected chi connectivity index (χ4v) is 2.59. The zero-order valence-electron chi connectivity index (χ0n) is 13.6. The molecule has 3 aromatic rings. The normalized spacial score (nSPS) is 12.7. The highest BCUT2D eigenvalue weighted by molar-refractivity contribution is 5.81. The number of pyridine rings is 1. The van der Waals surface area contributed by atoms with Crippen molar-refractivity contribution in [1.29, 1.82) is 0 Å². The smallest absolute Gasteiger partial charge is 0.389 e. The van der Waals surface area contributed by atoms with Crippen molar-refractivity contribution in [1.82, 2.24) is 14.5 Å².